The van der Waals surface area contributed by atoms with E-state index in [0.717, 1.165) is 11.1 Å². The number of hydrazine groups is 1. The molecule has 0 saturated carbocycles. The molecule has 0 spiro atoms. The Kier molecular flexibility index (Phi) is 6.80. The Morgan fingerprint density at radius 3 is 2.50 bits per heavy atom. The molecule has 10 heteroatoms. The number of anilines is 1. The first-order chi connectivity index (χ1) is 14.3. The minimum Gasteiger partial charge on any atom is -0.299 e. The minimum atomic E-state index is -0.502. The first kappa shape index (κ1) is 21.5. The predicted octanol–water partition coefficient (Wildman–Crippen LogP) is 3.64. The Morgan fingerprint density at radius 1 is 1.20 bits per heavy atom. The zero-order chi connectivity index (χ0) is 21.7. The van der Waals surface area contributed by atoms with E-state index < -0.39 is 4.92 Å². The molecule has 3 rings (SSSR count). The molecule has 1 saturated heterocycles. The number of nitrogens with zero attached hydrogens (tertiary/aromatic N) is 2. The fourth-order valence-corrected chi connectivity index (χ4v) is 3.90. The molecule has 0 aliphatic carbocycles. The van der Waals surface area contributed by atoms with Gasteiger partial charge in [0, 0.05) is 25.1 Å². The van der Waals surface area contributed by atoms with Crippen molar-refractivity contribution in [1.82, 2.24) is 10.3 Å². The van der Waals surface area contributed by atoms with Gasteiger partial charge < -0.3 is 0 Å². The highest BCUT2D eigenvalue weighted by Gasteiger charge is 2.32. The minimum absolute atomic E-state index is 0.0417. The normalized spacial score (nSPS) is 14.8. The van der Waals surface area contributed by atoms with Crippen LogP contribution in [0.4, 0.5) is 11.4 Å². The van der Waals surface area contributed by atoms with Gasteiger partial charge in [0.05, 0.1) is 15.5 Å². The molecule has 2 amide bonds. The molecule has 0 radical (unpaired) electrons. The summed E-state index contributed by atoms with van der Waals surface area (Å²) in [6, 6.07) is 13.4. The monoisotopic (exact) mass is 442 g/mol. The van der Waals surface area contributed by atoms with Crippen LogP contribution in [-0.2, 0) is 9.59 Å². The molecule has 0 bridgehead atoms. The number of thioether (sulfide) groups is 1. The Bertz CT molecular complexity index is 1020. The number of nitro benzene ring substituents is 1. The second kappa shape index (κ2) is 9.51. The largest absolute Gasteiger partial charge is 0.299 e. The quantitative estimate of drug-likeness (QED) is 0.292. The summed E-state index contributed by atoms with van der Waals surface area (Å²) in [5, 5.41) is 10.6. The fraction of sp³-hybridized carbons (Fsp3) is 0.150. The number of non-ortho nitro benzene ring substituents is 1. The maximum Gasteiger partial charge on any atom is 0.269 e. The van der Waals surface area contributed by atoms with Crippen LogP contribution in [-0.4, -0.2) is 32.5 Å². The van der Waals surface area contributed by atoms with E-state index >= 15 is 0 Å². The summed E-state index contributed by atoms with van der Waals surface area (Å²) in [4.78, 5) is 36.8. The number of thiocarbonyl (C=S) groups is 1. The van der Waals surface area contributed by atoms with Crippen molar-refractivity contribution in [1.29, 1.82) is 0 Å². The molecule has 2 aromatic carbocycles. The molecular formula is C20H18N4O4S2. The lowest BCUT2D eigenvalue weighted by Gasteiger charge is -2.14. The second-order valence-corrected chi connectivity index (χ2v) is 8.15. The van der Waals surface area contributed by atoms with Crippen LogP contribution in [0.5, 0.6) is 0 Å². The third kappa shape index (κ3) is 5.43. The molecule has 154 valence electrons. The van der Waals surface area contributed by atoms with Crippen molar-refractivity contribution >= 4 is 57.6 Å². The summed E-state index contributed by atoms with van der Waals surface area (Å²) in [6.07, 6.45) is 1.83. The highest BCUT2D eigenvalue weighted by molar-refractivity contribution is 8.26. The summed E-state index contributed by atoms with van der Waals surface area (Å²) < 4.78 is 0.412. The van der Waals surface area contributed by atoms with Crippen LogP contribution in [0.3, 0.4) is 0 Å². The number of hydrogen-bond donors (Lipinski definition) is 2. The molecule has 1 heterocycles. The maximum atomic E-state index is 12.6. The number of amides is 2. The Hall–Kier alpha value is -3.24. The smallest absolute Gasteiger partial charge is 0.269 e. The third-order valence-corrected chi connectivity index (χ3v) is 5.61. The lowest BCUT2D eigenvalue weighted by molar-refractivity contribution is -0.384. The van der Waals surface area contributed by atoms with Gasteiger partial charge in [0.1, 0.15) is 4.32 Å². The molecule has 2 aromatic rings. The summed E-state index contributed by atoms with van der Waals surface area (Å²) >= 11 is 6.50. The van der Waals surface area contributed by atoms with Crippen molar-refractivity contribution in [3.05, 3.63) is 74.7 Å². The van der Waals surface area contributed by atoms with E-state index in [9.17, 15) is 19.7 Å². The van der Waals surface area contributed by atoms with Gasteiger partial charge >= 0.3 is 0 Å². The lowest BCUT2D eigenvalue weighted by atomic mass is 10.1. The number of rotatable bonds is 7. The summed E-state index contributed by atoms with van der Waals surface area (Å²) in [5.74, 6) is -0.563. The standard InChI is InChI=1S/C20H18N4O4S2/c1-13-2-4-14(5-3-13)12-17-19(26)23(20(29)30-17)11-10-18(25)22-21-15-6-8-16(9-7-15)24(27)28/h2-9,12,21H,10-11H2,1H3,(H,22,25)/b17-12+. The zero-order valence-electron chi connectivity index (χ0n) is 16.0. The topological polar surface area (TPSA) is 105 Å². The summed E-state index contributed by atoms with van der Waals surface area (Å²) in [7, 11) is 0. The molecule has 1 aliphatic heterocycles. The predicted molar refractivity (Wildman–Crippen MR) is 121 cm³/mol. The molecule has 0 unspecified atom stereocenters. The van der Waals surface area contributed by atoms with Crippen LogP contribution in [0.2, 0.25) is 0 Å². The molecule has 2 N–H and O–H groups in total. The van der Waals surface area contributed by atoms with E-state index in [1.807, 2.05) is 31.2 Å². The Morgan fingerprint density at radius 2 is 1.87 bits per heavy atom. The third-order valence-electron chi connectivity index (χ3n) is 4.24. The van der Waals surface area contributed by atoms with Crippen molar-refractivity contribution in [2.45, 2.75) is 13.3 Å². The van der Waals surface area contributed by atoms with Crippen LogP contribution < -0.4 is 10.9 Å². The van der Waals surface area contributed by atoms with Crippen LogP contribution in [0.1, 0.15) is 17.5 Å². The molecule has 1 fully saturated rings. The molecule has 0 atom stereocenters. The van der Waals surface area contributed by atoms with Crippen molar-refractivity contribution in [2.75, 3.05) is 12.0 Å². The molecular weight excluding hydrogens is 424 g/mol. The lowest BCUT2D eigenvalue weighted by Crippen LogP contribution is -2.35. The van der Waals surface area contributed by atoms with E-state index in [2.05, 4.69) is 10.9 Å². The highest BCUT2D eigenvalue weighted by Crippen LogP contribution is 2.32. The van der Waals surface area contributed by atoms with E-state index in [-0.39, 0.29) is 30.5 Å². The van der Waals surface area contributed by atoms with Gasteiger partial charge in [0.15, 0.2) is 0 Å². The number of aryl methyl sites for hydroxylation is 1. The number of nitrogens with one attached hydrogen (secondary N) is 2. The SMILES string of the molecule is Cc1ccc(/C=C2/SC(=S)N(CCC(=O)NNc3ccc([N+](=O)[O-])cc3)C2=O)cc1. The Labute approximate surface area is 182 Å². The van der Waals surface area contributed by atoms with Crippen molar-refractivity contribution in [2.24, 2.45) is 0 Å². The molecule has 0 aromatic heterocycles. The number of carbonyl (C=O) groups is 2. The van der Waals surface area contributed by atoms with E-state index in [4.69, 9.17) is 12.2 Å². The van der Waals surface area contributed by atoms with Gasteiger partial charge in [-0.2, -0.15) is 0 Å². The van der Waals surface area contributed by atoms with Gasteiger partial charge in [0.25, 0.3) is 11.6 Å². The van der Waals surface area contributed by atoms with Crippen molar-refractivity contribution in [3.8, 4) is 0 Å². The first-order valence-electron chi connectivity index (χ1n) is 8.95. The number of benzene rings is 2. The summed E-state index contributed by atoms with van der Waals surface area (Å²) in [6.45, 7) is 2.15. The van der Waals surface area contributed by atoms with Gasteiger partial charge in [-0.1, -0.05) is 53.8 Å². The molecule has 1 aliphatic rings. The van der Waals surface area contributed by atoms with Gasteiger partial charge in [-0.05, 0) is 30.7 Å². The van der Waals surface area contributed by atoms with Crippen LogP contribution in [0, 0.1) is 17.0 Å². The van der Waals surface area contributed by atoms with Crippen molar-refractivity contribution in [3.63, 3.8) is 0 Å². The summed E-state index contributed by atoms with van der Waals surface area (Å²) in [5.41, 5.74) is 7.68. The maximum absolute atomic E-state index is 12.6. The molecule has 8 nitrogen and oxygen atoms in total. The van der Waals surface area contributed by atoms with Crippen LogP contribution >= 0.6 is 24.0 Å². The Balaban J connectivity index is 1.51. The van der Waals surface area contributed by atoms with Crippen molar-refractivity contribution < 1.29 is 14.5 Å². The fourth-order valence-electron chi connectivity index (χ4n) is 2.59. The second-order valence-electron chi connectivity index (χ2n) is 6.47. The van der Waals surface area contributed by atoms with Crippen LogP contribution in [0.15, 0.2) is 53.4 Å². The van der Waals surface area contributed by atoms with Gasteiger partial charge in [-0.25, -0.2) is 0 Å². The average Bonchev–Trinajstić information content (AvgIpc) is 2.99. The zero-order valence-corrected chi connectivity index (χ0v) is 17.6. The number of hydrogen-bond acceptors (Lipinski definition) is 7. The molecule has 30 heavy (non-hydrogen) atoms. The van der Waals surface area contributed by atoms with Gasteiger partial charge in [0.2, 0.25) is 5.91 Å². The number of carbonyl (C=O) groups excluding carboxylic acids is 2. The van der Waals surface area contributed by atoms with E-state index in [1.165, 1.54) is 40.9 Å². The average molecular weight is 443 g/mol. The van der Waals surface area contributed by atoms with Gasteiger partial charge in [-0.15, -0.1) is 0 Å². The number of nitro groups is 1. The first-order valence-corrected chi connectivity index (χ1v) is 10.2. The van der Waals surface area contributed by atoms with Crippen LogP contribution in [0.25, 0.3) is 6.08 Å². The van der Waals surface area contributed by atoms with E-state index in [1.54, 1.807) is 6.08 Å². The van der Waals surface area contributed by atoms with Gasteiger partial charge in [-0.3, -0.25) is 35.5 Å². The highest BCUT2D eigenvalue weighted by atomic mass is 32.2. The van der Waals surface area contributed by atoms with E-state index in [0.29, 0.717) is 14.9 Å².